The summed E-state index contributed by atoms with van der Waals surface area (Å²) in [6.45, 7) is 3.75. The van der Waals surface area contributed by atoms with Crippen molar-refractivity contribution < 1.29 is 9.53 Å². The predicted octanol–water partition coefficient (Wildman–Crippen LogP) is 0.669. The molecule has 0 radical (unpaired) electrons. The topological polar surface area (TPSA) is 82.2 Å². The van der Waals surface area contributed by atoms with Crippen LogP contribution in [0, 0.1) is 18.8 Å². The van der Waals surface area contributed by atoms with E-state index in [4.69, 9.17) is 10.5 Å². The van der Waals surface area contributed by atoms with Gasteiger partial charge in [-0.3, -0.25) is 9.48 Å². The van der Waals surface area contributed by atoms with Crippen molar-refractivity contribution in [1.82, 2.24) is 9.78 Å². The predicted molar refractivity (Wildman–Crippen MR) is 72.7 cm³/mol. The minimum atomic E-state index is -0.161. The van der Waals surface area contributed by atoms with E-state index < -0.39 is 0 Å². The van der Waals surface area contributed by atoms with Gasteiger partial charge in [-0.25, -0.2) is 0 Å². The zero-order valence-electron chi connectivity index (χ0n) is 11.6. The van der Waals surface area contributed by atoms with Crippen molar-refractivity contribution in [3.8, 4) is 0 Å². The molecule has 2 heterocycles. The number of rotatable bonds is 4. The van der Waals surface area contributed by atoms with Gasteiger partial charge in [0.1, 0.15) is 0 Å². The molecule has 1 aromatic heterocycles. The van der Waals surface area contributed by atoms with Crippen LogP contribution in [0.4, 0.5) is 5.82 Å². The minimum Gasteiger partial charge on any atom is -0.381 e. The van der Waals surface area contributed by atoms with Crippen LogP contribution in [-0.4, -0.2) is 35.4 Å². The Kier molecular flexibility index (Phi) is 4.55. The molecule has 0 aromatic carbocycles. The molecule has 0 aliphatic carbocycles. The summed E-state index contributed by atoms with van der Waals surface area (Å²) in [4.78, 5) is 12.3. The fraction of sp³-hybridized carbons (Fsp3) is 0.692. The van der Waals surface area contributed by atoms with E-state index in [2.05, 4.69) is 10.4 Å². The first-order chi connectivity index (χ1) is 9.11. The van der Waals surface area contributed by atoms with Crippen molar-refractivity contribution >= 4 is 11.7 Å². The average Bonchev–Trinajstić information content (AvgIpc) is 2.70. The molecule has 1 fully saturated rings. The lowest BCUT2D eigenvalue weighted by Crippen LogP contribution is -2.37. The summed E-state index contributed by atoms with van der Waals surface area (Å²) in [6.07, 6.45) is 1.80. The number of ether oxygens (including phenoxy) is 1. The second-order valence-corrected chi connectivity index (χ2v) is 5.08. The molecule has 1 aliphatic heterocycles. The summed E-state index contributed by atoms with van der Waals surface area (Å²) in [5.74, 6) is 0.706. The Morgan fingerprint density at radius 2 is 2.32 bits per heavy atom. The molecule has 1 amide bonds. The summed E-state index contributed by atoms with van der Waals surface area (Å²) in [5.41, 5.74) is 6.77. The number of aryl methyl sites for hydroxylation is 2. The molecule has 1 aliphatic rings. The van der Waals surface area contributed by atoms with Crippen molar-refractivity contribution in [2.45, 2.75) is 19.8 Å². The van der Waals surface area contributed by atoms with Gasteiger partial charge in [-0.2, -0.15) is 5.10 Å². The Bertz CT molecular complexity index is 418. The van der Waals surface area contributed by atoms with E-state index in [1.807, 2.05) is 20.0 Å². The second-order valence-electron chi connectivity index (χ2n) is 5.08. The van der Waals surface area contributed by atoms with Gasteiger partial charge in [0.25, 0.3) is 0 Å². The molecule has 3 N–H and O–H groups in total. The van der Waals surface area contributed by atoms with Crippen LogP contribution in [0.3, 0.4) is 0 Å². The highest BCUT2D eigenvalue weighted by Gasteiger charge is 2.29. The lowest BCUT2D eigenvalue weighted by molar-refractivity contribution is -0.122. The van der Waals surface area contributed by atoms with E-state index in [0.29, 0.717) is 18.3 Å². The number of carbonyl (C=O) groups excluding carboxylic acids is 1. The van der Waals surface area contributed by atoms with Crippen molar-refractivity contribution in [1.29, 1.82) is 0 Å². The lowest BCUT2D eigenvalue weighted by Gasteiger charge is -2.28. The minimum absolute atomic E-state index is 0.0347. The first-order valence-corrected chi connectivity index (χ1v) is 6.71. The maximum absolute atomic E-state index is 12.3. The molecule has 1 unspecified atom stereocenters. The number of nitrogens with zero attached hydrogens (tertiary/aromatic N) is 2. The number of anilines is 1. The molecule has 1 atom stereocenters. The normalized spacial score (nSPS) is 18.3. The Morgan fingerprint density at radius 1 is 1.63 bits per heavy atom. The maximum Gasteiger partial charge on any atom is 0.230 e. The Balaban J connectivity index is 1.99. The van der Waals surface area contributed by atoms with Crippen LogP contribution in [0.1, 0.15) is 18.5 Å². The molecule has 0 spiro atoms. The Labute approximate surface area is 113 Å². The lowest BCUT2D eigenvalue weighted by atomic mass is 9.85. The molecule has 1 saturated heterocycles. The van der Waals surface area contributed by atoms with E-state index >= 15 is 0 Å². The third-order valence-corrected chi connectivity index (χ3v) is 3.79. The van der Waals surface area contributed by atoms with Gasteiger partial charge in [-0.05, 0) is 25.7 Å². The van der Waals surface area contributed by atoms with Crippen LogP contribution in [0.15, 0.2) is 6.07 Å². The number of nitrogens with one attached hydrogen (secondary N) is 1. The van der Waals surface area contributed by atoms with E-state index in [9.17, 15) is 4.79 Å². The monoisotopic (exact) mass is 266 g/mol. The van der Waals surface area contributed by atoms with Crippen LogP contribution in [-0.2, 0) is 16.6 Å². The molecule has 1 aromatic rings. The highest BCUT2D eigenvalue weighted by atomic mass is 16.5. The van der Waals surface area contributed by atoms with Gasteiger partial charge < -0.3 is 15.8 Å². The van der Waals surface area contributed by atoms with E-state index in [0.717, 1.165) is 31.7 Å². The maximum atomic E-state index is 12.3. The van der Waals surface area contributed by atoms with Crippen LogP contribution in [0.2, 0.25) is 0 Å². The number of amides is 1. The van der Waals surface area contributed by atoms with Crippen LogP contribution in [0.25, 0.3) is 0 Å². The zero-order chi connectivity index (χ0) is 13.8. The van der Waals surface area contributed by atoms with Gasteiger partial charge in [-0.1, -0.05) is 0 Å². The highest BCUT2D eigenvalue weighted by Crippen LogP contribution is 2.24. The fourth-order valence-electron chi connectivity index (χ4n) is 2.47. The van der Waals surface area contributed by atoms with Gasteiger partial charge in [0.15, 0.2) is 5.82 Å². The molecule has 106 valence electrons. The van der Waals surface area contributed by atoms with Crippen molar-refractivity contribution in [3.05, 3.63) is 11.8 Å². The summed E-state index contributed by atoms with van der Waals surface area (Å²) in [6, 6.07) is 1.86. The van der Waals surface area contributed by atoms with Gasteiger partial charge in [-0.15, -0.1) is 0 Å². The molecule has 0 saturated carbocycles. The molecule has 6 heteroatoms. The summed E-state index contributed by atoms with van der Waals surface area (Å²) >= 11 is 0. The number of hydrogen-bond acceptors (Lipinski definition) is 4. The van der Waals surface area contributed by atoms with E-state index in [1.54, 1.807) is 4.68 Å². The molecule has 0 bridgehead atoms. The van der Waals surface area contributed by atoms with Crippen LogP contribution < -0.4 is 11.1 Å². The van der Waals surface area contributed by atoms with Gasteiger partial charge in [0.2, 0.25) is 5.91 Å². The van der Waals surface area contributed by atoms with Crippen molar-refractivity contribution in [2.75, 3.05) is 25.1 Å². The second kappa shape index (κ2) is 6.16. The number of aromatic nitrogens is 2. The first-order valence-electron chi connectivity index (χ1n) is 6.71. The van der Waals surface area contributed by atoms with Gasteiger partial charge in [0.05, 0.1) is 5.92 Å². The van der Waals surface area contributed by atoms with Gasteiger partial charge in [0, 0.05) is 38.6 Å². The standard InChI is InChI=1S/C13H22N4O2/c1-9-7-12(16-17(9)2)15-13(18)11(8-14)10-3-5-19-6-4-10/h7,10-11H,3-6,8,14H2,1-2H3,(H,15,16,18). The molecule has 2 rings (SSSR count). The number of nitrogens with two attached hydrogens (primary N) is 1. The highest BCUT2D eigenvalue weighted by molar-refractivity contribution is 5.92. The molecule has 6 nitrogen and oxygen atoms in total. The third kappa shape index (κ3) is 3.33. The van der Waals surface area contributed by atoms with E-state index in [-0.39, 0.29) is 11.8 Å². The SMILES string of the molecule is Cc1cc(NC(=O)C(CN)C2CCOCC2)nn1C. The van der Waals surface area contributed by atoms with Crippen LogP contribution in [0.5, 0.6) is 0 Å². The third-order valence-electron chi connectivity index (χ3n) is 3.79. The molecular weight excluding hydrogens is 244 g/mol. The largest absolute Gasteiger partial charge is 0.381 e. The van der Waals surface area contributed by atoms with Crippen molar-refractivity contribution in [3.63, 3.8) is 0 Å². The summed E-state index contributed by atoms with van der Waals surface area (Å²) < 4.78 is 7.06. The fourth-order valence-corrected chi connectivity index (χ4v) is 2.47. The quantitative estimate of drug-likeness (QED) is 0.839. The average molecular weight is 266 g/mol. The van der Waals surface area contributed by atoms with E-state index in [1.165, 1.54) is 0 Å². The summed E-state index contributed by atoms with van der Waals surface area (Å²) in [7, 11) is 1.85. The zero-order valence-corrected chi connectivity index (χ0v) is 11.6. The van der Waals surface area contributed by atoms with Gasteiger partial charge >= 0.3 is 0 Å². The first kappa shape index (κ1) is 14.0. The summed E-state index contributed by atoms with van der Waals surface area (Å²) in [5, 5.41) is 7.09. The Hall–Kier alpha value is -1.40. The van der Waals surface area contributed by atoms with Crippen molar-refractivity contribution in [2.24, 2.45) is 24.6 Å². The molecular formula is C13H22N4O2. The molecule has 19 heavy (non-hydrogen) atoms. The van der Waals surface area contributed by atoms with Crippen LogP contribution >= 0.6 is 0 Å². The Morgan fingerprint density at radius 3 is 2.84 bits per heavy atom. The smallest absolute Gasteiger partial charge is 0.230 e. The number of hydrogen-bond donors (Lipinski definition) is 2. The number of carbonyl (C=O) groups is 1.